The predicted octanol–water partition coefficient (Wildman–Crippen LogP) is 2.62. The fourth-order valence-electron chi connectivity index (χ4n) is 4.01. The number of amides is 1. The van der Waals surface area contributed by atoms with Crippen LogP contribution in [0.5, 0.6) is 5.75 Å². The highest BCUT2D eigenvalue weighted by Gasteiger charge is 2.49. The molecular formula is C23H27NO5. The Hall–Kier alpha value is -2.86. The molecule has 0 bridgehead atoms. The molecule has 2 atom stereocenters. The number of aromatic hydroxyl groups is 1. The summed E-state index contributed by atoms with van der Waals surface area (Å²) in [4.78, 5) is 26.5. The van der Waals surface area contributed by atoms with Gasteiger partial charge in [-0.25, -0.2) is 0 Å². The molecule has 1 heterocycles. The third kappa shape index (κ3) is 4.95. The number of rotatable bonds is 7. The molecule has 2 aromatic rings. The number of aliphatic carboxylic acids is 1. The number of piperidine rings is 1. The van der Waals surface area contributed by atoms with Crippen molar-refractivity contribution in [1.29, 1.82) is 0 Å². The zero-order chi connectivity index (χ0) is 20.9. The Morgan fingerprint density at radius 2 is 1.72 bits per heavy atom. The molecule has 1 amide bonds. The fourth-order valence-corrected chi connectivity index (χ4v) is 4.01. The van der Waals surface area contributed by atoms with Gasteiger partial charge in [-0.05, 0) is 48.9 Å². The van der Waals surface area contributed by atoms with Crippen molar-refractivity contribution in [3.05, 3.63) is 65.7 Å². The number of phenols is 1. The van der Waals surface area contributed by atoms with Gasteiger partial charge in [-0.1, -0.05) is 42.5 Å². The second kappa shape index (κ2) is 9.09. The summed E-state index contributed by atoms with van der Waals surface area (Å²) in [5.41, 5.74) is 0.528. The number of hydrogen-bond acceptors (Lipinski definition) is 4. The zero-order valence-electron chi connectivity index (χ0n) is 16.3. The van der Waals surface area contributed by atoms with Gasteiger partial charge in [0, 0.05) is 13.1 Å². The summed E-state index contributed by atoms with van der Waals surface area (Å²) in [7, 11) is 0. The summed E-state index contributed by atoms with van der Waals surface area (Å²) in [6.45, 7) is 0.348. The Balaban J connectivity index is 1.67. The number of aliphatic hydroxyl groups excluding tert-OH is 1. The summed E-state index contributed by atoms with van der Waals surface area (Å²) >= 11 is 0. The largest absolute Gasteiger partial charge is 0.508 e. The van der Waals surface area contributed by atoms with E-state index in [0.29, 0.717) is 19.4 Å². The lowest BCUT2D eigenvalue weighted by atomic mass is 9.73. The molecule has 0 unspecified atom stereocenters. The number of carboxylic acid groups (broad SMARTS) is 1. The minimum atomic E-state index is -1.35. The van der Waals surface area contributed by atoms with E-state index in [0.717, 1.165) is 17.5 Å². The van der Waals surface area contributed by atoms with Gasteiger partial charge in [0.2, 0.25) is 5.91 Å². The maximum atomic E-state index is 12.8. The van der Waals surface area contributed by atoms with Crippen LogP contribution in [0.25, 0.3) is 0 Å². The molecule has 1 saturated heterocycles. The van der Waals surface area contributed by atoms with Crippen molar-refractivity contribution in [1.82, 2.24) is 4.90 Å². The van der Waals surface area contributed by atoms with Gasteiger partial charge in [-0.2, -0.15) is 0 Å². The van der Waals surface area contributed by atoms with Gasteiger partial charge in [0.25, 0.3) is 0 Å². The van der Waals surface area contributed by atoms with E-state index in [1.165, 1.54) is 12.1 Å². The Kier molecular flexibility index (Phi) is 6.54. The van der Waals surface area contributed by atoms with E-state index in [1.54, 1.807) is 17.0 Å². The SMILES string of the molecule is O=C(Cc1ccc(O)cc1)N1CC[C@@H](O)[C@](CCCc2ccccc2)(C(=O)O)C1. The predicted molar refractivity (Wildman–Crippen MR) is 108 cm³/mol. The van der Waals surface area contributed by atoms with Crippen molar-refractivity contribution in [2.24, 2.45) is 5.41 Å². The topological polar surface area (TPSA) is 98.1 Å². The van der Waals surface area contributed by atoms with E-state index >= 15 is 0 Å². The number of carbonyl (C=O) groups excluding carboxylic acids is 1. The van der Waals surface area contributed by atoms with Gasteiger partial charge < -0.3 is 20.2 Å². The third-order valence-electron chi connectivity index (χ3n) is 5.78. The van der Waals surface area contributed by atoms with Crippen LogP contribution in [0, 0.1) is 5.41 Å². The third-order valence-corrected chi connectivity index (χ3v) is 5.78. The highest BCUT2D eigenvalue weighted by atomic mass is 16.4. The minimum Gasteiger partial charge on any atom is -0.508 e. The van der Waals surface area contributed by atoms with Crippen LogP contribution in [-0.2, 0) is 22.4 Å². The van der Waals surface area contributed by atoms with Gasteiger partial charge in [0.15, 0.2) is 0 Å². The molecule has 0 spiro atoms. The summed E-state index contributed by atoms with van der Waals surface area (Å²) in [5, 5.41) is 29.9. The molecule has 0 radical (unpaired) electrons. The molecular weight excluding hydrogens is 370 g/mol. The molecule has 154 valence electrons. The number of aliphatic hydroxyl groups is 1. The van der Waals surface area contributed by atoms with Crippen LogP contribution in [0.4, 0.5) is 0 Å². The second-order valence-corrected chi connectivity index (χ2v) is 7.76. The Bertz CT molecular complexity index is 836. The van der Waals surface area contributed by atoms with Crippen LogP contribution in [-0.4, -0.2) is 51.3 Å². The lowest BCUT2D eigenvalue weighted by Gasteiger charge is -2.43. The molecule has 6 heteroatoms. The number of aryl methyl sites for hydroxylation is 1. The molecule has 1 aliphatic heterocycles. The highest BCUT2D eigenvalue weighted by Crippen LogP contribution is 2.36. The molecule has 29 heavy (non-hydrogen) atoms. The first kappa shape index (κ1) is 20.9. The number of benzene rings is 2. The monoisotopic (exact) mass is 397 g/mol. The molecule has 0 aromatic heterocycles. The molecule has 3 rings (SSSR count). The summed E-state index contributed by atoms with van der Waals surface area (Å²) < 4.78 is 0. The van der Waals surface area contributed by atoms with Crippen molar-refractivity contribution >= 4 is 11.9 Å². The van der Waals surface area contributed by atoms with Crippen molar-refractivity contribution in [2.75, 3.05) is 13.1 Å². The van der Waals surface area contributed by atoms with E-state index in [-0.39, 0.29) is 31.0 Å². The standard InChI is InChI=1S/C23H27NO5/c25-19-10-8-18(9-11-19)15-21(27)24-14-12-20(26)23(16-24,22(28)29)13-4-7-17-5-2-1-3-6-17/h1-3,5-6,8-11,20,25-26H,4,7,12-16H2,(H,28,29)/t20-,23-/m1/s1. The maximum absolute atomic E-state index is 12.8. The van der Waals surface area contributed by atoms with Crippen molar-refractivity contribution < 1.29 is 24.9 Å². The summed E-state index contributed by atoms with van der Waals surface area (Å²) in [6.07, 6.45) is 1.06. The van der Waals surface area contributed by atoms with E-state index < -0.39 is 17.5 Å². The number of phenolic OH excluding ortho intramolecular Hbond substituents is 1. The zero-order valence-corrected chi connectivity index (χ0v) is 16.3. The highest BCUT2D eigenvalue weighted by molar-refractivity contribution is 5.81. The van der Waals surface area contributed by atoms with E-state index in [1.807, 2.05) is 30.3 Å². The lowest BCUT2D eigenvalue weighted by Crippen LogP contribution is -2.57. The van der Waals surface area contributed by atoms with Crippen LogP contribution < -0.4 is 0 Å². The molecule has 1 aliphatic rings. The van der Waals surface area contributed by atoms with Gasteiger partial charge >= 0.3 is 5.97 Å². The van der Waals surface area contributed by atoms with Crippen LogP contribution in [0.1, 0.15) is 30.4 Å². The summed E-state index contributed by atoms with van der Waals surface area (Å²) in [6, 6.07) is 16.2. The normalized spacial score (nSPS) is 21.7. The number of carboxylic acids is 1. The molecule has 0 aliphatic carbocycles. The lowest BCUT2D eigenvalue weighted by molar-refractivity contribution is -0.166. The van der Waals surface area contributed by atoms with E-state index in [4.69, 9.17) is 0 Å². The van der Waals surface area contributed by atoms with Gasteiger partial charge in [-0.15, -0.1) is 0 Å². The average molecular weight is 397 g/mol. The average Bonchev–Trinajstić information content (AvgIpc) is 2.71. The van der Waals surface area contributed by atoms with Gasteiger partial charge in [0.1, 0.15) is 11.2 Å². The molecule has 0 saturated carbocycles. The summed E-state index contributed by atoms with van der Waals surface area (Å²) in [5.74, 6) is -1.10. The second-order valence-electron chi connectivity index (χ2n) is 7.76. The Labute approximate surface area is 170 Å². The van der Waals surface area contributed by atoms with E-state index in [9.17, 15) is 24.9 Å². The number of hydrogen-bond donors (Lipinski definition) is 3. The number of likely N-dealkylation sites (tertiary alicyclic amines) is 1. The van der Waals surface area contributed by atoms with Crippen molar-refractivity contribution in [3.8, 4) is 5.75 Å². The number of nitrogens with zero attached hydrogens (tertiary/aromatic N) is 1. The van der Waals surface area contributed by atoms with Gasteiger partial charge in [0.05, 0.1) is 12.5 Å². The molecule has 1 fully saturated rings. The molecule has 6 nitrogen and oxygen atoms in total. The Morgan fingerprint density at radius 1 is 1.03 bits per heavy atom. The molecule has 2 aromatic carbocycles. The van der Waals surface area contributed by atoms with Crippen LogP contribution in [0.15, 0.2) is 54.6 Å². The first-order chi connectivity index (χ1) is 13.9. The molecule has 3 N–H and O–H groups in total. The van der Waals surface area contributed by atoms with Gasteiger partial charge in [-0.3, -0.25) is 9.59 Å². The smallest absolute Gasteiger partial charge is 0.314 e. The number of carbonyl (C=O) groups is 2. The minimum absolute atomic E-state index is 0.00913. The first-order valence-corrected chi connectivity index (χ1v) is 9.92. The van der Waals surface area contributed by atoms with Crippen LogP contribution in [0.3, 0.4) is 0 Å². The van der Waals surface area contributed by atoms with Crippen molar-refractivity contribution in [2.45, 2.75) is 38.2 Å². The van der Waals surface area contributed by atoms with Crippen LogP contribution in [0.2, 0.25) is 0 Å². The maximum Gasteiger partial charge on any atom is 0.314 e. The fraction of sp³-hybridized carbons (Fsp3) is 0.391. The quantitative estimate of drug-likeness (QED) is 0.667. The Morgan fingerprint density at radius 3 is 2.38 bits per heavy atom. The van der Waals surface area contributed by atoms with Crippen molar-refractivity contribution in [3.63, 3.8) is 0 Å². The first-order valence-electron chi connectivity index (χ1n) is 9.92. The van der Waals surface area contributed by atoms with E-state index in [2.05, 4.69) is 0 Å². The van der Waals surface area contributed by atoms with Crippen LogP contribution >= 0.6 is 0 Å².